The third-order valence-electron chi connectivity index (χ3n) is 6.27. The van der Waals surface area contributed by atoms with Crippen molar-refractivity contribution in [1.29, 1.82) is 0 Å². The number of allylic oxidation sites excluding steroid dienone is 1. The smallest absolute Gasteiger partial charge is 0.00576 e. The van der Waals surface area contributed by atoms with E-state index in [1.54, 1.807) is 5.57 Å². The fourth-order valence-corrected chi connectivity index (χ4v) is 4.63. The fraction of sp³-hybridized carbons (Fsp3) is 0.161. The molecule has 0 atom stereocenters. The summed E-state index contributed by atoms with van der Waals surface area (Å²) in [5.41, 5.74) is 12.1. The molecule has 0 N–H and O–H groups in total. The molecule has 0 nitrogen and oxygen atoms in total. The third kappa shape index (κ3) is 4.11. The maximum Gasteiger partial charge on any atom is -0.00576 e. The number of hydrogen-bond donors (Lipinski definition) is 0. The molecule has 0 saturated carbocycles. The first-order valence-corrected chi connectivity index (χ1v) is 11.4. The van der Waals surface area contributed by atoms with E-state index in [9.17, 15) is 0 Å². The normalized spacial score (nSPS) is 12.5. The fourth-order valence-electron chi connectivity index (χ4n) is 4.63. The van der Waals surface area contributed by atoms with E-state index in [0.29, 0.717) is 0 Å². The van der Waals surface area contributed by atoms with Crippen LogP contribution in [0.4, 0.5) is 0 Å². The molecule has 0 aliphatic heterocycles. The highest BCUT2D eigenvalue weighted by molar-refractivity contribution is 5.86. The van der Waals surface area contributed by atoms with Gasteiger partial charge in [0.25, 0.3) is 0 Å². The number of hydrogen-bond acceptors (Lipinski definition) is 0. The predicted molar refractivity (Wildman–Crippen MR) is 134 cm³/mol. The van der Waals surface area contributed by atoms with Gasteiger partial charge in [-0.3, -0.25) is 0 Å². The summed E-state index contributed by atoms with van der Waals surface area (Å²) in [6, 6.07) is 35.3. The minimum absolute atomic E-state index is 1.10. The summed E-state index contributed by atoms with van der Waals surface area (Å²) >= 11 is 0. The summed E-state index contributed by atoms with van der Waals surface area (Å²) in [4.78, 5) is 0. The Hall–Kier alpha value is -3.38. The van der Waals surface area contributed by atoms with Gasteiger partial charge in [-0.1, -0.05) is 104 Å². The summed E-state index contributed by atoms with van der Waals surface area (Å²) in [5.74, 6) is 0. The van der Waals surface area contributed by atoms with Crippen molar-refractivity contribution < 1.29 is 0 Å². The molecule has 4 aromatic carbocycles. The lowest BCUT2D eigenvalue weighted by atomic mass is 9.91. The third-order valence-corrected chi connectivity index (χ3v) is 6.27. The van der Waals surface area contributed by atoms with E-state index in [1.165, 1.54) is 63.8 Å². The molecule has 0 amide bonds. The first-order chi connectivity index (χ1) is 15.3. The van der Waals surface area contributed by atoms with E-state index >= 15 is 0 Å². The molecule has 1 aliphatic rings. The molecule has 31 heavy (non-hydrogen) atoms. The van der Waals surface area contributed by atoms with Crippen LogP contribution < -0.4 is 0 Å². The molecule has 0 fully saturated rings. The van der Waals surface area contributed by atoms with Crippen LogP contribution in [-0.2, 0) is 6.42 Å². The van der Waals surface area contributed by atoms with Gasteiger partial charge in [0.05, 0.1) is 0 Å². The molecule has 0 unspecified atom stereocenters. The van der Waals surface area contributed by atoms with E-state index in [1.807, 2.05) is 0 Å². The molecular weight excluding hydrogens is 372 g/mol. The van der Waals surface area contributed by atoms with Crippen molar-refractivity contribution >= 4 is 6.08 Å². The van der Waals surface area contributed by atoms with Gasteiger partial charge in [0.15, 0.2) is 0 Å². The van der Waals surface area contributed by atoms with Gasteiger partial charge in [0.2, 0.25) is 0 Å². The van der Waals surface area contributed by atoms with Crippen molar-refractivity contribution in [3.05, 3.63) is 114 Å². The summed E-state index contributed by atoms with van der Waals surface area (Å²) < 4.78 is 0. The highest BCUT2D eigenvalue weighted by atomic mass is 14.2. The van der Waals surface area contributed by atoms with Gasteiger partial charge in [-0.15, -0.1) is 0 Å². The molecule has 0 spiro atoms. The van der Waals surface area contributed by atoms with Crippen molar-refractivity contribution in [3.8, 4) is 33.4 Å². The number of rotatable bonds is 6. The Kier molecular flexibility index (Phi) is 5.54. The zero-order chi connectivity index (χ0) is 21.0. The Morgan fingerprint density at radius 1 is 0.613 bits per heavy atom. The van der Waals surface area contributed by atoms with Crippen molar-refractivity contribution in [2.24, 2.45) is 0 Å². The summed E-state index contributed by atoms with van der Waals surface area (Å²) in [6.07, 6.45) is 7.30. The van der Waals surface area contributed by atoms with Crippen molar-refractivity contribution in [2.75, 3.05) is 0 Å². The van der Waals surface area contributed by atoms with E-state index < -0.39 is 0 Å². The Morgan fingerprint density at radius 2 is 1.23 bits per heavy atom. The van der Waals surface area contributed by atoms with Gasteiger partial charge >= 0.3 is 0 Å². The topological polar surface area (TPSA) is 0 Å². The van der Waals surface area contributed by atoms with Crippen LogP contribution in [0.5, 0.6) is 0 Å². The Morgan fingerprint density at radius 3 is 1.84 bits per heavy atom. The standard InChI is InChI=1S/C31H28/c1-2-3-11-23-18-26-16-10-17-30(31(26)19-23)29-21-27(24-12-6-4-7-13-24)20-28(22-29)25-14-8-5-9-15-25/h4-10,12-17,19-22H,2-3,11,18H2,1H3. The molecule has 0 heterocycles. The van der Waals surface area contributed by atoms with Crippen LogP contribution in [-0.4, -0.2) is 0 Å². The average Bonchev–Trinajstić information content (AvgIpc) is 3.27. The van der Waals surface area contributed by atoms with Gasteiger partial charge in [-0.05, 0) is 82.0 Å². The largest absolute Gasteiger partial charge is 0.0654 e. The molecule has 0 bridgehead atoms. The van der Waals surface area contributed by atoms with Gasteiger partial charge in [-0.2, -0.15) is 0 Å². The van der Waals surface area contributed by atoms with Gasteiger partial charge < -0.3 is 0 Å². The summed E-state index contributed by atoms with van der Waals surface area (Å²) in [5, 5.41) is 0. The Balaban J connectivity index is 1.66. The second-order valence-electron chi connectivity index (χ2n) is 8.49. The number of fused-ring (bicyclic) bond motifs is 1. The first-order valence-electron chi connectivity index (χ1n) is 11.4. The van der Waals surface area contributed by atoms with E-state index in [4.69, 9.17) is 0 Å². The molecule has 1 aliphatic carbocycles. The van der Waals surface area contributed by atoms with Gasteiger partial charge in [0, 0.05) is 0 Å². The SMILES string of the molecule is CCCCC1=Cc2c(cccc2-c2cc(-c3ccccc3)cc(-c3ccccc3)c2)C1. The minimum atomic E-state index is 1.10. The average molecular weight is 401 g/mol. The first kappa shape index (κ1) is 19.6. The highest BCUT2D eigenvalue weighted by Crippen LogP contribution is 2.39. The van der Waals surface area contributed by atoms with Crippen molar-refractivity contribution in [1.82, 2.24) is 0 Å². The lowest BCUT2D eigenvalue weighted by Gasteiger charge is -2.13. The molecule has 4 aromatic rings. The van der Waals surface area contributed by atoms with Crippen LogP contribution in [0.25, 0.3) is 39.5 Å². The van der Waals surface area contributed by atoms with Crippen LogP contribution in [0.1, 0.15) is 37.3 Å². The Bertz CT molecular complexity index is 1160. The maximum atomic E-state index is 2.46. The molecule has 0 heteroatoms. The van der Waals surface area contributed by atoms with Crippen LogP contribution >= 0.6 is 0 Å². The summed E-state index contributed by atoms with van der Waals surface area (Å²) in [6.45, 7) is 2.27. The van der Waals surface area contributed by atoms with Gasteiger partial charge in [0.1, 0.15) is 0 Å². The second-order valence-corrected chi connectivity index (χ2v) is 8.49. The number of unbranched alkanes of at least 4 members (excludes halogenated alkanes) is 1. The van der Waals surface area contributed by atoms with Crippen LogP contribution in [0, 0.1) is 0 Å². The van der Waals surface area contributed by atoms with Crippen LogP contribution in [0.3, 0.4) is 0 Å². The van der Waals surface area contributed by atoms with Gasteiger partial charge in [-0.25, -0.2) is 0 Å². The Labute approximate surface area is 185 Å². The monoisotopic (exact) mass is 400 g/mol. The quantitative estimate of drug-likeness (QED) is 0.303. The molecule has 0 radical (unpaired) electrons. The highest BCUT2D eigenvalue weighted by Gasteiger charge is 2.17. The van der Waals surface area contributed by atoms with Crippen LogP contribution in [0.2, 0.25) is 0 Å². The van der Waals surface area contributed by atoms with E-state index in [-0.39, 0.29) is 0 Å². The summed E-state index contributed by atoms with van der Waals surface area (Å²) in [7, 11) is 0. The second kappa shape index (κ2) is 8.78. The van der Waals surface area contributed by atoms with Crippen molar-refractivity contribution in [2.45, 2.75) is 32.6 Å². The maximum absolute atomic E-state index is 2.46. The predicted octanol–water partition coefficient (Wildman–Crippen LogP) is 8.82. The lowest BCUT2D eigenvalue weighted by Crippen LogP contribution is -1.90. The molecule has 0 saturated heterocycles. The molecule has 0 aromatic heterocycles. The van der Waals surface area contributed by atoms with E-state index in [0.717, 1.165) is 6.42 Å². The zero-order valence-electron chi connectivity index (χ0n) is 18.1. The van der Waals surface area contributed by atoms with Crippen LogP contribution in [0.15, 0.2) is 103 Å². The molecule has 5 rings (SSSR count). The van der Waals surface area contributed by atoms with Crippen molar-refractivity contribution in [3.63, 3.8) is 0 Å². The molecule has 152 valence electrons. The lowest BCUT2D eigenvalue weighted by molar-refractivity contribution is 0.779. The minimum Gasteiger partial charge on any atom is -0.0654 e. The zero-order valence-corrected chi connectivity index (χ0v) is 18.1. The number of benzene rings is 4. The molecular formula is C31H28. The van der Waals surface area contributed by atoms with E-state index in [2.05, 4.69) is 110 Å².